The Hall–Kier alpha value is -2.91. The first-order valence-corrected chi connectivity index (χ1v) is 15.7. The zero-order chi connectivity index (χ0) is 31.7. The first-order valence-electron chi connectivity index (χ1n) is 13.1. The van der Waals surface area contributed by atoms with Crippen molar-refractivity contribution in [2.24, 2.45) is 0 Å². The van der Waals surface area contributed by atoms with Crippen LogP contribution in [0.2, 0.25) is 0 Å². The highest BCUT2D eigenvalue weighted by atomic mass is 32.5. The predicted octanol–water partition coefficient (Wildman–Crippen LogP) is 3.08. The van der Waals surface area contributed by atoms with Crippen LogP contribution in [-0.2, 0) is 40.2 Å². The van der Waals surface area contributed by atoms with E-state index in [2.05, 4.69) is 5.09 Å². The van der Waals surface area contributed by atoms with Crippen molar-refractivity contribution < 1.29 is 56.3 Å². The molecular formula is C27H30F3N2O9PS. The van der Waals surface area contributed by atoms with Gasteiger partial charge in [0.25, 0.3) is 6.43 Å². The third kappa shape index (κ3) is 7.09. The van der Waals surface area contributed by atoms with Gasteiger partial charge in [0.05, 0.1) is 19.1 Å². The van der Waals surface area contributed by atoms with Gasteiger partial charge in [-0.05, 0) is 55.5 Å². The lowest BCUT2D eigenvalue weighted by Gasteiger charge is -2.35. The average molecular weight is 647 g/mol. The summed E-state index contributed by atoms with van der Waals surface area (Å²) in [5.41, 5.74) is -2.99. The SMILES string of the molecule is CC(C)OC(=O)[C@H](C)NP(=S)(OC[C@@]1(C(F)F)O[C@@H](N2C=C(F)C(=O)CC2=O)[C@@H](O)[C@@H]1O)Oc1ccc2ccccc2c1. The number of carbonyl (C=O) groups excluding carboxylic acids is 3. The molecule has 234 valence electrons. The standard InChI is InChI=1S/C27H30F3N2O9PS/c1-14(2)39-25(37)15(3)31-42(43,41-18-9-8-16-6-4-5-7-17(16)10-18)38-13-27(26(29)30)23(36)22(35)24(40-27)32-12-19(28)20(33)11-21(32)34/h4-10,12,14-15,22-24,26,35-36H,11,13H2,1-3H3,(H,31,43)/t15-,22-,23-,24+,27+,42?/m0/s1. The number of aliphatic hydroxyl groups is 2. The van der Waals surface area contributed by atoms with Gasteiger partial charge >= 0.3 is 12.6 Å². The Kier molecular flexibility index (Phi) is 9.96. The number of benzene rings is 2. The molecular weight excluding hydrogens is 616 g/mol. The third-order valence-corrected chi connectivity index (χ3v) is 9.16. The van der Waals surface area contributed by atoms with Gasteiger partial charge in [0.2, 0.25) is 11.7 Å². The maximum absolute atomic E-state index is 14.6. The van der Waals surface area contributed by atoms with Gasteiger partial charge in [0, 0.05) is 6.20 Å². The molecule has 2 aromatic rings. The second kappa shape index (κ2) is 13.0. The molecule has 43 heavy (non-hydrogen) atoms. The first-order chi connectivity index (χ1) is 20.2. The molecule has 1 unspecified atom stereocenters. The predicted molar refractivity (Wildman–Crippen MR) is 150 cm³/mol. The fourth-order valence-electron chi connectivity index (χ4n) is 4.45. The second-order valence-electron chi connectivity index (χ2n) is 10.3. The molecule has 0 aromatic heterocycles. The lowest BCUT2D eigenvalue weighted by molar-refractivity contribution is -0.199. The summed E-state index contributed by atoms with van der Waals surface area (Å²) in [6.07, 6.45) is -11.1. The molecule has 16 heteroatoms. The van der Waals surface area contributed by atoms with Crippen molar-refractivity contribution in [3.63, 3.8) is 0 Å². The van der Waals surface area contributed by atoms with Crippen LogP contribution in [0.4, 0.5) is 13.2 Å². The number of Topliss-reactive ketones (excluding diaryl/α,β-unsaturated/α-hetero) is 1. The number of amides is 1. The minimum Gasteiger partial charge on any atom is -0.462 e. The molecule has 0 bridgehead atoms. The van der Waals surface area contributed by atoms with Crippen LogP contribution in [0.3, 0.4) is 0 Å². The summed E-state index contributed by atoms with van der Waals surface area (Å²) in [5, 5.41) is 25.7. The fraction of sp³-hybridized carbons (Fsp3) is 0.444. The zero-order valence-corrected chi connectivity index (χ0v) is 24.9. The van der Waals surface area contributed by atoms with E-state index in [0.717, 1.165) is 10.8 Å². The molecule has 6 atom stereocenters. The molecule has 1 fully saturated rings. The summed E-state index contributed by atoms with van der Waals surface area (Å²) >= 11 is 5.60. The first kappa shape index (κ1) is 33.0. The van der Waals surface area contributed by atoms with Gasteiger partial charge in [-0.3, -0.25) is 19.3 Å². The molecule has 4 rings (SSSR count). The summed E-state index contributed by atoms with van der Waals surface area (Å²) in [5.74, 6) is -4.11. The van der Waals surface area contributed by atoms with Crippen LogP contribution < -0.4 is 9.61 Å². The van der Waals surface area contributed by atoms with Gasteiger partial charge in [-0.2, -0.15) is 0 Å². The number of alkyl halides is 2. The number of hydrogen-bond donors (Lipinski definition) is 3. The molecule has 0 spiro atoms. The lowest BCUT2D eigenvalue weighted by atomic mass is 9.96. The van der Waals surface area contributed by atoms with Crippen molar-refractivity contribution >= 4 is 46.9 Å². The van der Waals surface area contributed by atoms with E-state index in [-0.39, 0.29) is 5.75 Å². The monoisotopic (exact) mass is 646 g/mol. The molecule has 2 aromatic carbocycles. The Bertz CT molecular complexity index is 1480. The smallest absolute Gasteiger partial charge is 0.323 e. The van der Waals surface area contributed by atoms with E-state index in [9.17, 15) is 37.8 Å². The fourth-order valence-corrected chi connectivity index (χ4v) is 6.86. The van der Waals surface area contributed by atoms with Crippen LogP contribution in [0.1, 0.15) is 27.2 Å². The van der Waals surface area contributed by atoms with Crippen LogP contribution in [0, 0.1) is 0 Å². The van der Waals surface area contributed by atoms with Crippen LogP contribution >= 0.6 is 6.64 Å². The molecule has 0 saturated carbocycles. The summed E-state index contributed by atoms with van der Waals surface area (Å²) < 4.78 is 65.4. The van der Waals surface area contributed by atoms with E-state index in [4.69, 9.17) is 30.3 Å². The summed E-state index contributed by atoms with van der Waals surface area (Å²) in [6.45, 7) is -0.510. The minimum absolute atomic E-state index is 0.167. The quantitative estimate of drug-likeness (QED) is 0.188. The van der Waals surface area contributed by atoms with E-state index >= 15 is 0 Å². The van der Waals surface area contributed by atoms with Gasteiger partial charge in [-0.1, -0.05) is 30.3 Å². The van der Waals surface area contributed by atoms with Crippen LogP contribution in [0.15, 0.2) is 54.5 Å². The number of nitrogens with one attached hydrogen (secondary N) is 1. The van der Waals surface area contributed by atoms with Crippen LogP contribution in [-0.4, -0.2) is 82.0 Å². The Morgan fingerprint density at radius 2 is 1.86 bits per heavy atom. The summed E-state index contributed by atoms with van der Waals surface area (Å²) in [6, 6.07) is 11.0. The number of halogens is 3. The van der Waals surface area contributed by atoms with Crippen molar-refractivity contribution in [1.29, 1.82) is 0 Å². The minimum atomic E-state index is -3.96. The molecule has 0 aliphatic carbocycles. The number of aliphatic hydroxyl groups excluding tert-OH is 2. The number of allylic oxidation sites excluding steroid dienone is 1. The number of rotatable bonds is 11. The number of hydrogen-bond acceptors (Lipinski definition) is 10. The number of nitrogens with zero attached hydrogens (tertiary/aromatic N) is 1. The van der Waals surface area contributed by atoms with Gasteiger partial charge in [-0.15, -0.1) is 0 Å². The maximum Gasteiger partial charge on any atom is 0.323 e. The largest absolute Gasteiger partial charge is 0.462 e. The van der Waals surface area contributed by atoms with Gasteiger partial charge < -0.3 is 28.7 Å². The highest BCUT2D eigenvalue weighted by Gasteiger charge is 2.62. The molecule has 2 aliphatic heterocycles. The van der Waals surface area contributed by atoms with E-state index in [1.165, 1.54) is 6.92 Å². The molecule has 1 amide bonds. The normalized spacial score (nSPS) is 26.5. The number of esters is 1. The summed E-state index contributed by atoms with van der Waals surface area (Å²) in [7, 11) is 0. The molecule has 0 radical (unpaired) electrons. The van der Waals surface area contributed by atoms with Crippen molar-refractivity contribution in [3.05, 3.63) is 54.5 Å². The van der Waals surface area contributed by atoms with Crippen LogP contribution in [0.25, 0.3) is 10.8 Å². The number of ether oxygens (including phenoxy) is 2. The highest BCUT2D eigenvalue weighted by Crippen LogP contribution is 2.49. The average Bonchev–Trinajstić information content (AvgIpc) is 3.19. The number of fused-ring (bicyclic) bond motifs is 1. The molecule has 3 N–H and O–H groups in total. The van der Waals surface area contributed by atoms with E-state index in [1.807, 2.05) is 12.1 Å². The Morgan fingerprint density at radius 1 is 1.19 bits per heavy atom. The van der Waals surface area contributed by atoms with E-state index < -0.39 is 85.8 Å². The molecule has 2 aliphatic rings. The van der Waals surface area contributed by atoms with Gasteiger partial charge in [0.1, 0.15) is 24.0 Å². The molecule has 2 heterocycles. The Morgan fingerprint density at radius 3 is 2.51 bits per heavy atom. The van der Waals surface area contributed by atoms with Crippen molar-refractivity contribution in [2.45, 2.75) is 69.8 Å². The van der Waals surface area contributed by atoms with Gasteiger partial charge in [-0.25, -0.2) is 18.3 Å². The lowest BCUT2D eigenvalue weighted by Crippen LogP contribution is -2.53. The molecule has 11 nitrogen and oxygen atoms in total. The van der Waals surface area contributed by atoms with Crippen molar-refractivity contribution in [2.75, 3.05) is 6.61 Å². The maximum atomic E-state index is 14.6. The topological polar surface area (TPSA) is 144 Å². The Balaban J connectivity index is 1.63. The number of carbonyl (C=O) groups is 3. The van der Waals surface area contributed by atoms with Crippen molar-refractivity contribution in [1.82, 2.24) is 9.99 Å². The summed E-state index contributed by atoms with van der Waals surface area (Å²) in [4.78, 5) is 36.9. The number of ketones is 1. The van der Waals surface area contributed by atoms with Gasteiger partial charge in [0.15, 0.2) is 17.7 Å². The van der Waals surface area contributed by atoms with E-state index in [0.29, 0.717) is 11.1 Å². The molecule has 1 saturated heterocycles. The van der Waals surface area contributed by atoms with Crippen LogP contribution in [0.5, 0.6) is 5.75 Å². The zero-order valence-electron chi connectivity index (χ0n) is 23.2. The van der Waals surface area contributed by atoms with E-state index in [1.54, 1.807) is 44.2 Å². The van der Waals surface area contributed by atoms with Crippen molar-refractivity contribution in [3.8, 4) is 5.75 Å². The highest BCUT2D eigenvalue weighted by molar-refractivity contribution is 8.09. The Labute approximate surface area is 249 Å². The second-order valence-corrected chi connectivity index (χ2v) is 13.4. The third-order valence-electron chi connectivity index (χ3n) is 6.68.